The summed E-state index contributed by atoms with van der Waals surface area (Å²) in [6.45, 7) is 1.70. The molecule has 0 radical (unpaired) electrons. The summed E-state index contributed by atoms with van der Waals surface area (Å²) in [7, 11) is 0. The van der Waals surface area contributed by atoms with Gasteiger partial charge in [0.1, 0.15) is 5.82 Å². The van der Waals surface area contributed by atoms with E-state index < -0.39 is 5.82 Å². The van der Waals surface area contributed by atoms with Crippen LogP contribution in [-0.4, -0.2) is 18.7 Å². The van der Waals surface area contributed by atoms with Crippen molar-refractivity contribution in [2.24, 2.45) is 5.16 Å². The third-order valence-corrected chi connectivity index (χ3v) is 3.42. The van der Waals surface area contributed by atoms with Gasteiger partial charge in [0, 0.05) is 10.0 Å². The molecule has 0 aliphatic carbocycles. The van der Waals surface area contributed by atoms with Gasteiger partial charge in [-0.1, -0.05) is 29.4 Å². The van der Waals surface area contributed by atoms with Gasteiger partial charge in [0.05, 0.1) is 11.9 Å². The number of anilines is 1. The molecule has 0 bridgehead atoms. The van der Waals surface area contributed by atoms with Gasteiger partial charge in [-0.3, -0.25) is 4.79 Å². The van der Waals surface area contributed by atoms with E-state index in [2.05, 4.69) is 26.4 Å². The van der Waals surface area contributed by atoms with Crippen molar-refractivity contribution in [1.29, 1.82) is 0 Å². The van der Waals surface area contributed by atoms with Crippen LogP contribution in [0.2, 0.25) is 0 Å². The van der Waals surface area contributed by atoms with Gasteiger partial charge in [-0.2, -0.15) is 0 Å². The van der Waals surface area contributed by atoms with Crippen LogP contribution in [0.25, 0.3) is 0 Å². The van der Waals surface area contributed by atoms with Gasteiger partial charge < -0.3 is 10.2 Å². The summed E-state index contributed by atoms with van der Waals surface area (Å²) in [4.78, 5) is 16.6. The molecule has 6 heteroatoms. The van der Waals surface area contributed by atoms with Gasteiger partial charge in [-0.15, -0.1) is 0 Å². The first-order valence-electron chi connectivity index (χ1n) is 6.52. The Morgan fingerprint density at radius 2 is 2.14 bits per heavy atom. The zero-order valence-corrected chi connectivity index (χ0v) is 13.4. The number of carbonyl (C=O) groups is 1. The number of carbonyl (C=O) groups excluding carboxylic acids is 1. The molecule has 0 aromatic heterocycles. The highest BCUT2D eigenvalue weighted by Gasteiger charge is 2.06. The Balaban J connectivity index is 1.84. The van der Waals surface area contributed by atoms with E-state index in [0.29, 0.717) is 11.3 Å². The van der Waals surface area contributed by atoms with Crippen molar-refractivity contribution < 1.29 is 14.0 Å². The summed E-state index contributed by atoms with van der Waals surface area (Å²) >= 11 is 3.37. The molecule has 0 saturated carbocycles. The summed E-state index contributed by atoms with van der Waals surface area (Å²) < 4.78 is 14.1. The average Bonchev–Trinajstić information content (AvgIpc) is 2.48. The van der Waals surface area contributed by atoms with Crippen LogP contribution in [0, 0.1) is 12.7 Å². The minimum Gasteiger partial charge on any atom is -0.386 e. The Kier molecular flexibility index (Phi) is 5.66. The molecule has 0 atom stereocenters. The molecule has 0 spiro atoms. The zero-order valence-electron chi connectivity index (χ0n) is 11.8. The first-order valence-corrected chi connectivity index (χ1v) is 7.31. The SMILES string of the molecule is Cc1ccc(NC(=O)CO/N=C\c2ccccc2F)c(Br)c1. The van der Waals surface area contributed by atoms with Crippen molar-refractivity contribution in [3.05, 3.63) is 63.9 Å². The molecule has 0 saturated heterocycles. The molecule has 0 fully saturated rings. The monoisotopic (exact) mass is 364 g/mol. The number of rotatable bonds is 5. The van der Waals surface area contributed by atoms with Crippen molar-refractivity contribution >= 4 is 33.7 Å². The highest BCUT2D eigenvalue weighted by Crippen LogP contribution is 2.23. The molecule has 0 aliphatic rings. The first kappa shape index (κ1) is 16.2. The molecular formula is C16H14BrFN2O2. The predicted octanol–water partition coefficient (Wildman–Crippen LogP) is 3.89. The normalized spacial score (nSPS) is 10.7. The topological polar surface area (TPSA) is 50.7 Å². The Morgan fingerprint density at radius 1 is 1.36 bits per heavy atom. The second-order valence-electron chi connectivity index (χ2n) is 4.56. The molecule has 1 N–H and O–H groups in total. The molecule has 2 rings (SSSR count). The van der Waals surface area contributed by atoms with Crippen molar-refractivity contribution in [1.82, 2.24) is 0 Å². The molecule has 0 aliphatic heterocycles. The first-order chi connectivity index (χ1) is 10.6. The molecule has 114 valence electrons. The quantitative estimate of drug-likeness (QED) is 0.646. The standard InChI is InChI=1S/C16H14BrFN2O2/c1-11-6-7-15(13(17)8-11)20-16(21)10-22-19-9-12-4-2-3-5-14(12)18/h2-9H,10H2,1H3,(H,20,21)/b19-9-. The molecule has 1 amide bonds. The fourth-order valence-corrected chi connectivity index (χ4v) is 2.27. The maximum atomic E-state index is 13.3. The number of nitrogens with one attached hydrogen (secondary N) is 1. The van der Waals surface area contributed by atoms with E-state index in [1.165, 1.54) is 12.3 Å². The smallest absolute Gasteiger partial charge is 0.265 e. The highest BCUT2D eigenvalue weighted by atomic mass is 79.9. The van der Waals surface area contributed by atoms with Crippen molar-refractivity contribution in [3.8, 4) is 0 Å². The minimum atomic E-state index is -0.400. The third-order valence-electron chi connectivity index (χ3n) is 2.77. The second kappa shape index (κ2) is 7.70. The fraction of sp³-hybridized carbons (Fsp3) is 0.125. The molecule has 0 unspecified atom stereocenters. The number of hydrogen-bond donors (Lipinski definition) is 1. The lowest BCUT2D eigenvalue weighted by Crippen LogP contribution is -2.17. The third kappa shape index (κ3) is 4.66. The van der Waals surface area contributed by atoms with Gasteiger partial charge >= 0.3 is 0 Å². The van der Waals surface area contributed by atoms with E-state index >= 15 is 0 Å². The van der Waals surface area contributed by atoms with Crippen molar-refractivity contribution in [3.63, 3.8) is 0 Å². The number of benzene rings is 2. The van der Waals surface area contributed by atoms with Crippen LogP contribution in [0.4, 0.5) is 10.1 Å². The van der Waals surface area contributed by atoms with Gasteiger partial charge in [0.15, 0.2) is 6.61 Å². The van der Waals surface area contributed by atoms with E-state index in [-0.39, 0.29) is 12.5 Å². The summed E-state index contributed by atoms with van der Waals surface area (Å²) in [5.74, 6) is -0.752. The maximum Gasteiger partial charge on any atom is 0.265 e. The number of nitrogens with zero attached hydrogens (tertiary/aromatic N) is 1. The van der Waals surface area contributed by atoms with Gasteiger partial charge in [0.25, 0.3) is 5.91 Å². The number of amides is 1. The maximum absolute atomic E-state index is 13.3. The van der Waals surface area contributed by atoms with Crippen LogP contribution in [0.3, 0.4) is 0 Å². The van der Waals surface area contributed by atoms with Gasteiger partial charge in [0.2, 0.25) is 0 Å². The number of hydrogen-bond acceptors (Lipinski definition) is 3. The van der Waals surface area contributed by atoms with Crippen LogP contribution in [0.15, 0.2) is 52.1 Å². The summed E-state index contributed by atoms with van der Waals surface area (Å²) in [6.07, 6.45) is 1.23. The summed E-state index contributed by atoms with van der Waals surface area (Å²) in [5.41, 5.74) is 2.03. The van der Waals surface area contributed by atoms with Crippen LogP contribution < -0.4 is 5.32 Å². The van der Waals surface area contributed by atoms with Crippen LogP contribution in [0.1, 0.15) is 11.1 Å². The minimum absolute atomic E-state index is 0.259. The Labute approximate surface area is 136 Å². The molecule has 4 nitrogen and oxygen atoms in total. The number of halogens is 2. The summed E-state index contributed by atoms with van der Waals surface area (Å²) in [6, 6.07) is 11.7. The largest absolute Gasteiger partial charge is 0.386 e. The van der Waals surface area contributed by atoms with Gasteiger partial charge in [-0.05, 0) is 46.6 Å². The molecular weight excluding hydrogens is 351 g/mol. The van der Waals surface area contributed by atoms with Crippen LogP contribution >= 0.6 is 15.9 Å². The van der Waals surface area contributed by atoms with E-state index in [1.807, 2.05) is 19.1 Å². The average molecular weight is 365 g/mol. The van der Waals surface area contributed by atoms with Gasteiger partial charge in [-0.25, -0.2) is 4.39 Å². The van der Waals surface area contributed by atoms with Crippen LogP contribution in [-0.2, 0) is 9.63 Å². The Hall–Kier alpha value is -2.21. The second-order valence-corrected chi connectivity index (χ2v) is 5.42. The predicted molar refractivity (Wildman–Crippen MR) is 87.5 cm³/mol. The summed E-state index contributed by atoms with van der Waals surface area (Å²) in [5, 5.41) is 6.27. The molecule has 0 heterocycles. The molecule has 22 heavy (non-hydrogen) atoms. The van der Waals surface area contributed by atoms with E-state index in [0.717, 1.165) is 10.0 Å². The molecule has 2 aromatic carbocycles. The lowest BCUT2D eigenvalue weighted by atomic mass is 10.2. The van der Waals surface area contributed by atoms with Crippen LogP contribution in [0.5, 0.6) is 0 Å². The molecule has 2 aromatic rings. The van der Waals surface area contributed by atoms with E-state index in [4.69, 9.17) is 4.84 Å². The Morgan fingerprint density at radius 3 is 2.86 bits per heavy atom. The Bertz CT molecular complexity index is 704. The lowest BCUT2D eigenvalue weighted by molar-refractivity contribution is -0.120. The fourth-order valence-electron chi connectivity index (χ4n) is 1.68. The lowest BCUT2D eigenvalue weighted by Gasteiger charge is -2.07. The van der Waals surface area contributed by atoms with Crippen molar-refractivity contribution in [2.45, 2.75) is 6.92 Å². The van der Waals surface area contributed by atoms with Crippen molar-refractivity contribution in [2.75, 3.05) is 11.9 Å². The number of oxime groups is 1. The highest BCUT2D eigenvalue weighted by molar-refractivity contribution is 9.10. The zero-order chi connectivity index (χ0) is 15.9. The number of aryl methyl sites for hydroxylation is 1. The van der Waals surface area contributed by atoms with E-state index in [1.54, 1.807) is 24.3 Å². The van der Waals surface area contributed by atoms with E-state index in [9.17, 15) is 9.18 Å².